The van der Waals surface area contributed by atoms with E-state index in [0.29, 0.717) is 24.4 Å². The van der Waals surface area contributed by atoms with Crippen LogP contribution in [0.25, 0.3) is 0 Å². The summed E-state index contributed by atoms with van der Waals surface area (Å²) in [5.41, 5.74) is 1.59. The number of rotatable bonds is 6. The van der Waals surface area contributed by atoms with Crippen molar-refractivity contribution in [1.82, 2.24) is 0 Å². The van der Waals surface area contributed by atoms with Crippen LogP contribution in [0, 0.1) is 29.1 Å². The van der Waals surface area contributed by atoms with Crippen molar-refractivity contribution in [3.8, 4) is 0 Å². The van der Waals surface area contributed by atoms with Crippen LogP contribution in [0.4, 0.5) is 0 Å². The number of carbonyl (C=O) groups is 1. The molecule has 0 spiro atoms. The van der Waals surface area contributed by atoms with Gasteiger partial charge < -0.3 is 4.74 Å². The highest BCUT2D eigenvalue weighted by Crippen LogP contribution is 2.62. The van der Waals surface area contributed by atoms with Crippen LogP contribution in [-0.4, -0.2) is 12.6 Å². The van der Waals surface area contributed by atoms with Gasteiger partial charge in [-0.1, -0.05) is 38.8 Å². The minimum Gasteiger partial charge on any atom is -0.465 e. The first-order valence-corrected chi connectivity index (χ1v) is 8.16. The quantitative estimate of drug-likeness (QED) is 0.524. The number of carbonyl (C=O) groups excluding carboxylic acids is 1. The second-order valence-electron chi connectivity index (χ2n) is 7.55. The summed E-state index contributed by atoms with van der Waals surface area (Å²) in [5.74, 6) is 2.28. The third-order valence-electron chi connectivity index (χ3n) is 5.71. The molecule has 2 fully saturated rings. The smallest absolute Gasteiger partial charge is 0.308 e. The summed E-state index contributed by atoms with van der Waals surface area (Å²) in [6, 6.07) is 0. The van der Waals surface area contributed by atoms with Crippen molar-refractivity contribution in [2.45, 2.75) is 60.3 Å². The highest BCUT2D eigenvalue weighted by atomic mass is 16.5. The van der Waals surface area contributed by atoms with E-state index in [1.807, 2.05) is 0 Å². The van der Waals surface area contributed by atoms with Crippen molar-refractivity contribution < 1.29 is 9.53 Å². The normalized spacial score (nSPS) is 34.0. The summed E-state index contributed by atoms with van der Waals surface area (Å²) in [5, 5.41) is 0. The van der Waals surface area contributed by atoms with Crippen LogP contribution in [-0.2, 0) is 9.53 Å². The number of ether oxygens (including phenoxy) is 1. The van der Waals surface area contributed by atoms with Crippen LogP contribution in [0.3, 0.4) is 0 Å². The zero-order chi connectivity index (χ0) is 14.9. The van der Waals surface area contributed by atoms with Crippen LogP contribution >= 0.6 is 0 Å². The van der Waals surface area contributed by atoms with E-state index >= 15 is 0 Å². The van der Waals surface area contributed by atoms with E-state index in [1.165, 1.54) is 12.0 Å². The Bertz CT molecular complexity index is 390. The van der Waals surface area contributed by atoms with Crippen LogP contribution in [0.1, 0.15) is 60.3 Å². The number of hydrogen-bond donors (Lipinski definition) is 0. The van der Waals surface area contributed by atoms with E-state index in [2.05, 4.69) is 40.7 Å². The van der Waals surface area contributed by atoms with E-state index in [9.17, 15) is 4.79 Å². The molecule has 0 aromatic carbocycles. The monoisotopic (exact) mass is 278 g/mol. The molecule has 0 bridgehead atoms. The molecule has 0 radical (unpaired) electrons. The predicted molar refractivity (Wildman–Crippen MR) is 82.3 cm³/mol. The molecule has 0 saturated heterocycles. The Morgan fingerprint density at radius 2 is 2.05 bits per heavy atom. The summed E-state index contributed by atoms with van der Waals surface area (Å²) in [6.45, 7) is 11.9. The zero-order valence-electron chi connectivity index (χ0n) is 13.7. The summed E-state index contributed by atoms with van der Waals surface area (Å²) < 4.78 is 5.59. The van der Waals surface area contributed by atoms with Gasteiger partial charge in [-0.25, -0.2) is 0 Å². The Labute approximate surface area is 124 Å². The second-order valence-corrected chi connectivity index (χ2v) is 7.55. The molecule has 20 heavy (non-hydrogen) atoms. The maximum atomic E-state index is 11.9. The van der Waals surface area contributed by atoms with Gasteiger partial charge in [-0.2, -0.15) is 0 Å². The molecule has 4 atom stereocenters. The molecule has 0 aromatic rings. The molecule has 0 amide bonds. The van der Waals surface area contributed by atoms with Gasteiger partial charge in [-0.15, -0.1) is 0 Å². The SMILES string of the molecule is CC(C)=CC[C@@H](C)C1[C@@H](C)C1(C)COC(=O)C1CCC1. The number of esters is 1. The second kappa shape index (κ2) is 5.91. The number of allylic oxidation sites excluding steroid dienone is 2. The molecular weight excluding hydrogens is 248 g/mol. The van der Waals surface area contributed by atoms with E-state index < -0.39 is 0 Å². The molecule has 2 rings (SSSR count). The van der Waals surface area contributed by atoms with Crippen LogP contribution < -0.4 is 0 Å². The van der Waals surface area contributed by atoms with Gasteiger partial charge >= 0.3 is 5.97 Å². The first-order valence-electron chi connectivity index (χ1n) is 8.16. The first-order chi connectivity index (χ1) is 9.36. The van der Waals surface area contributed by atoms with E-state index in [0.717, 1.165) is 19.3 Å². The molecular formula is C18H30O2. The van der Waals surface area contributed by atoms with Crippen molar-refractivity contribution >= 4 is 5.97 Å². The highest BCUT2D eigenvalue weighted by molar-refractivity contribution is 5.73. The Kier molecular flexibility index (Phi) is 4.61. The highest BCUT2D eigenvalue weighted by Gasteiger charge is 2.60. The predicted octanol–water partition coefficient (Wildman–Crippen LogP) is 4.59. The third-order valence-corrected chi connectivity index (χ3v) is 5.71. The lowest BCUT2D eigenvalue weighted by Gasteiger charge is -2.24. The van der Waals surface area contributed by atoms with Crippen LogP contribution in [0.2, 0.25) is 0 Å². The molecule has 2 unspecified atom stereocenters. The fourth-order valence-corrected chi connectivity index (χ4v) is 3.77. The van der Waals surface area contributed by atoms with Crippen LogP contribution in [0.5, 0.6) is 0 Å². The molecule has 0 aliphatic heterocycles. The molecule has 2 aliphatic rings. The van der Waals surface area contributed by atoms with Crippen molar-refractivity contribution in [2.24, 2.45) is 29.1 Å². The molecule has 0 aromatic heterocycles. The Morgan fingerprint density at radius 3 is 2.55 bits per heavy atom. The Balaban J connectivity index is 1.81. The largest absolute Gasteiger partial charge is 0.465 e. The average Bonchev–Trinajstić information content (AvgIpc) is 2.84. The van der Waals surface area contributed by atoms with Gasteiger partial charge in [0.1, 0.15) is 0 Å². The molecule has 2 saturated carbocycles. The molecule has 114 valence electrons. The summed E-state index contributed by atoms with van der Waals surface area (Å²) in [7, 11) is 0. The van der Waals surface area contributed by atoms with Crippen LogP contribution in [0.15, 0.2) is 11.6 Å². The summed E-state index contributed by atoms with van der Waals surface area (Å²) >= 11 is 0. The lowest BCUT2D eigenvalue weighted by molar-refractivity contribution is -0.153. The Morgan fingerprint density at radius 1 is 1.40 bits per heavy atom. The van der Waals surface area contributed by atoms with Gasteiger partial charge in [0.2, 0.25) is 0 Å². The number of hydrogen-bond acceptors (Lipinski definition) is 2. The summed E-state index contributed by atoms with van der Waals surface area (Å²) in [4.78, 5) is 11.9. The summed E-state index contributed by atoms with van der Waals surface area (Å²) in [6.07, 6.45) is 6.73. The van der Waals surface area contributed by atoms with Crippen molar-refractivity contribution in [3.05, 3.63) is 11.6 Å². The molecule has 2 aliphatic carbocycles. The molecule has 2 heteroatoms. The van der Waals surface area contributed by atoms with Gasteiger partial charge in [-0.3, -0.25) is 4.79 Å². The standard InChI is InChI=1S/C18H30O2/c1-12(2)9-10-13(3)16-14(4)18(16,5)11-20-17(19)15-7-6-8-15/h9,13-16H,6-8,10-11H2,1-5H3/t13-,14-,16?,18?/m1/s1. The van der Waals surface area contributed by atoms with Gasteiger partial charge in [0, 0.05) is 5.41 Å². The van der Waals surface area contributed by atoms with E-state index in [-0.39, 0.29) is 17.3 Å². The lowest BCUT2D eigenvalue weighted by Crippen LogP contribution is -2.27. The fraction of sp³-hybridized carbons (Fsp3) is 0.833. The minimum atomic E-state index is 0.0484. The topological polar surface area (TPSA) is 26.3 Å². The lowest BCUT2D eigenvalue weighted by atomic mass is 9.85. The van der Waals surface area contributed by atoms with Crippen molar-refractivity contribution in [2.75, 3.05) is 6.61 Å². The fourth-order valence-electron chi connectivity index (χ4n) is 3.77. The molecule has 2 nitrogen and oxygen atoms in total. The first kappa shape index (κ1) is 15.6. The molecule has 0 N–H and O–H groups in total. The van der Waals surface area contributed by atoms with E-state index in [4.69, 9.17) is 4.74 Å². The van der Waals surface area contributed by atoms with Gasteiger partial charge in [0.25, 0.3) is 0 Å². The van der Waals surface area contributed by atoms with Crippen molar-refractivity contribution in [3.63, 3.8) is 0 Å². The zero-order valence-corrected chi connectivity index (χ0v) is 13.7. The maximum Gasteiger partial charge on any atom is 0.308 e. The van der Waals surface area contributed by atoms with Crippen molar-refractivity contribution in [1.29, 1.82) is 0 Å². The third kappa shape index (κ3) is 3.10. The van der Waals surface area contributed by atoms with E-state index in [1.54, 1.807) is 0 Å². The van der Waals surface area contributed by atoms with Gasteiger partial charge in [0.15, 0.2) is 0 Å². The molecule has 0 heterocycles. The minimum absolute atomic E-state index is 0.0484. The van der Waals surface area contributed by atoms with Gasteiger partial charge in [0.05, 0.1) is 12.5 Å². The average molecular weight is 278 g/mol. The Hall–Kier alpha value is -0.790. The van der Waals surface area contributed by atoms with Gasteiger partial charge in [-0.05, 0) is 50.9 Å². The maximum absolute atomic E-state index is 11.9.